The van der Waals surface area contributed by atoms with E-state index >= 15 is 0 Å². The molecule has 0 unspecified atom stereocenters. The van der Waals surface area contributed by atoms with Gasteiger partial charge in [0.2, 0.25) is 10.0 Å². The monoisotopic (exact) mass is 304 g/mol. The minimum Gasteiger partial charge on any atom is -0.387 e. The highest BCUT2D eigenvalue weighted by molar-refractivity contribution is 7.89. The van der Waals surface area contributed by atoms with Gasteiger partial charge in [0.15, 0.2) is 0 Å². The minimum absolute atomic E-state index is 0.294. The fraction of sp³-hybridized carbons (Fsp3) is 0.250. The molecule has 0 amide bonds. The fourth-order valence-electron chi connectivity index (χ4n) is 2.10. The van der Waals surface area contributed by atoms with E-state index in [4.69, 9.17) is 0 Å². The van der Waals surface area contributed by atoms with Crippen molar-refractivity contribution in [2.24, 2.45) is 0 Å². The van der Waals surface area contributed by atoms with Crippen LogP contribution in [-0.4, -0.2) is 26.8 Å². The second-order valence-electron chi connectivity index (χ2n) is 4.99. The number of sulfonamides is 1. The van der Waals surface area contributed by atoms with Crippen molar-refractivity contribution in [3.8, 4) is 0 Å². The van der Waals surface area contributed by atoms with E-state index < -0.39 is 10.0 Å². The molecule has 0 aliphatic rings. The lowest BCUT2D eigenvalue weighted by Gasteiger charge is -2.19. The maximum Gasteiger partial charge on any atom is 0.245 e. The Labute approximate surface area is 126 Å². The van der Waals surface area contributed by atoms with Gasteiger partial charge in [0.25, 0.3) is 0 Å². The van der Waals surface area contributed by atoms with Crippen LogP contribution in [0.1, 0.15) is 11.1 Å². The molecule has 21 heavy (non-hydrogen) atoms. The van der Waals surface area contributed by atoms with Gasteiger partial charge in [0, 0.05) is 20.6 Å². The average Bonchev–Trinajstić information content (AvgIpc) is 2.49. The summed E-state index contributed by atoms with van der Waals surface area (Å²) in [7, 11) is -0.204. The number of para-hydroxylation sites is 1. The molecule has 0 atom stereocenters. The van der Waals surface area contributed by atoms with Gasteiger partial charge in [-0.2, -0.15) is 4.31 Å². The molecule has 0 heterocycles. The van der Waals surface area contributed by atoms with Crippen LogP contribution in [0.25, 0.3) is 0 Å². The summed E-state index contributed by atoms with van der Waals surface area (Å²) in [5.74, 6) is 0. The van der Waals surface area contributed by atoms with Crippen LogP contribution in [0.15, 0.2) is 53.4 Å². The van der Waals surface area contributed by atoms with E-state index in [0.29, 0.717) is 17.1 Å². The number of benzene rings is 2. The summed E-state index contributed by atoms with van der Waals surface area (Å²) in [5.41, 5.74) is 2.73. The number of nitrogens with zero attached hydrogens (tertiary/aromatic N) is 1. The van der Waals surface area contributed by atoms with Gasteiger partial charge >= 0.3 is 0 Å². The fourth-order valence-corrected chi connectivity index (χ4v) is 3.45. The number of hydrogen-bond acceptors (Lipinski definition) is 3. The van der Waals surface area contributed by atoms with Crippen molar-refractivity contribution in [3.63, 3.8) is 0 Å². The molecule has 0 spiro atoms. The second-order valence-corrected chi connectivity index (χ2v) is 7.01. The molecule has 0 bridgehead atoms. The molecule has 5 heteroatoms. The van der Waals surface area contributed by atoms with Crippen molar-refractivity contribution < 1.29 is 8.42 Å². The van der Waals surface area contributed by atoms with Crippen LogP contribution in [-0.2, 0) is 16.6 Å². The van der Waals surface area contributed by atoms with Gasteiger partial charge in [0.1, 0.15) is 4.90 Å². The molecule has 0 fully saturated rings. The summed E-state index contributed by atoms with van der Waals surface area (Å²) < 4.78 is 26.7. The van der Waals surface area contributed by atoms with E-state index in [-0.39, 0.29) is 0 Å². The largest absolute Gasteiger partial charge is 0.387 e. The Morgan fingerprint density at radius 3 is 2.29 bits per heavy atom. The maximum absolute atomic E-state index is 12.7. The summed E-state index contributed by atoms with van der Waals surface area (Å²) in [5, 5.41) is 2.92. The highest BCUT2D eigenvalue weighted by Gasteiger charge is 2.23. The lowest BCUT2D eigenvalue weighted by molar-refractivity contribution is 0.467. The van der Waals surface area contributed by atoms with Gasteiger partial charge < -0.3 is 5.32 Å². The van der Waals surface area contributed by atoms with Gasteiger partial charge in [0.05, 0.1) is 5.69 Å². The normalized spacial score (nSPS) is 11.6. The van der Waals surface area contributed by atoms with Crippen LogP contribution >= 0.6 is 0 Å². The quantitative estimate of drug-likeness (QED) is 0.924. The molecule has 0 saturated carbocycles. The zero-order chi connectivity index (χ0) is 15.5. The van der Waals surface area contributed by atoms with Crippen LogP contribution in [0.4, 0.5) is 5.69 Å². The maximum atomic E-state index is 12.7. The van der Waals surface area contributed by atoms with E-state index in [1.54, 1.807) is 32.3 Å². The molecule has 0 aromatic heterocycles. The van der Waals surface area contributed by atoms with E-state index in [0.717, 1.165) is 11.1 Å². The first-order chi connectivity index (χ1) is 9.95. The first-order valence-electron chi connectivity index (χ1n) is 6.74. The van der Waals surface area contributed by atoms with Gasteiger partial charge in [-0.05, 0) is 24.6 Å². The number of anilines is 1. The van der Waals surface area contributed by atoms with Crippen molar-refractivity contribution in [2.45, 2.75) is 18.4 Å². The minimum atomic E-state index is -3.52. The van der Waals surface area contributed by atoms with Crippen molar-refractivity contribution >= 4 is 15.7 Å². The SMILES string of the molecule is CNc1ccccc1S(=O)(=O)N(C)Cc1ccc(C)cc1. The second kappa shape index (κ2) is 6.28. The molecule has 1 N–H and O–H groups in total. The van der Waals surface area contributed by atoms with Gasteiger partial charge in [-0.3, -0.25) is 0 Å². The molecule has 0 aliphatic carbocycles. The van der Waals surface area contributed by atoms with Crippen molar-refractivity contribution in [1.29, 1.82) is 0 Å². The van der Waals surface area contributed by atoms with Crippen LogP contribution in [0.5, 0.6) is 0 Å². The Balaban J connectivity index is 2.28. The summed E-state index contributed by atoms with van der Waals surface area (Å²) in [6, 6.07) is 14.8. The van der Waals surface area contributed by atoms with Crippen LogP contribution < -0.4 is 5.32 Å². The molecule has 2 aromatic carbocycles. The predicted molar refractivity (Wildman–Crippen MR) is 85.8 cm³/mol. The molecule has 0 saturated heterocycles. The number of nitrogens with one attached hydrogen (secondary N) is 1. The zero-order valence-electron chi connectivity index (χ0n) is 12.5. The first-order valence-corrected chi connectivity index (χ1v) is 8.18. The lowest BCUT2D eigenvalue weighted by Crippen LogP contribution is -2.27. The van der Waals surface area contributed by atoms with Crippen LogP contribution in [0.2, 0.25) is 0 Å². The van der Waals surface area contributed by atoms with Crippen LogP contribution in [0, 0.1) is 6.92 Å². The summed E-state index contributed by atoms with van der Waals surface area (Å²) in [6.45, 7) is 2.36. The average molecular weight is 304 g/mol. The third kappa shape index (κ3) is 3.43. The Bertz CT molecular complexity index is 709. The Morgan fingerprint density at radius 2 is 1.67 bits per heavy atom. The smallest absolute Gasteiger partial charge is 0.245 e. The molecule has 112 valence electrons. The molecular formula is C16H20N2O2S. The van der Waals surface area contributed by atoms with E-state index in [1.807, 2.05) is 37.3 Å². The van der Waals surface area contributed by atoms with Crippen molar-refractivity contribution in [3.05, 3.63) is 59.7 Å². The first kappa shape index (κ1) is 15.5. The topological polar surface area (TPSA) is 49.4 Å². The molecule has 2 aromatic rings. The van der Waals surface area contributed by atoms with Crippen LogP contribution in [0.3, 0.4) is 0 Å². The number of aryl methyl sites for hydroxylation is 1. The Hall–Kier alpha value is -1.85. The standard InChI is InChI=1S/C16H20N2O2S/c1-13-8-10-14(11-9-13)12-18(3)21(19,20)16-7-5-4-6-15(16)17-2/h4-11,17H,12H2,1-3H3. The van der Waals surface area contributed by atoms with E-state index in [2.05, 4.69) is 5.32 Å². The van der Waals surface area contributed by atoms with Gasteiger partial charge in [-0.1, -0.05) is 42.0 Å². The Kier molecular flexibility index (Phi) is 4.65. The molecular weight excluding hydrogens is 284 g/mol. The number of rotatable bonds is 5. The predicted octanol–water partition coefficient (Wildman–Crippen LogP) is 2.86. The third-order valence-electron chi connectivity index (χ3n) is 3.37. The van der Waals surface area contributed by atoms with E-state index in [9.17, 15) is 8.42 Å². The molecule has 0 aliphatic heterocycles. The lowest BCUT2D eigenvalue weighted by atomic mass is 10.1. The molecule has 4 nitrogen and oxygen atoms in total. The van der Waals surface area contributed by atoms with Crippen molar-refractivity contribution in [2.75, 3.05) is 19.4 Å². The highest BCUT2D eigenvalue weighted by Crippen LogP contribution is 2.24. The molecule has 0 radical (unpaired) electrons. The van der Waals surface area contributed by atoms with Crippen molar-refractivity contribution in [1.82, 2.24) is 4.31 Å². The Morgan fingerprint density at radius 1 is 1.05 bits per heavy atom. The number of hydrogen-bond donors (Lipinski definition) is 1. The highest BCUT2D eigenvalue weighted by atomic mass is 32.2. The summed E-state index contributed by atoms with van der Waals surface area (Å²) in [6.07, 6.45) is 0. The molecule has 2 rings (SSSR count). The third-order valence-corrected chi connectivity index (χ3v) is 5.23. The summed E-state index contributed by atoms with van der Waals surface area (Å²) in [4.78, 5) is 0.294. The zero-order valence-corrected chi connectivity index (χ0v) is 13.3. The summed E-state index contributed by atoms with van der Waals surface area (Å²) >= 11 is 0. The van der Waals surface area contributed by atoms with E-state index in [1.165, 1.54) is 4.31 Å². The van der Waals surface area contributed by atoms with Gasteiger partial charge in [-0.15, -0.1) is 0 Å². The van der Waals surface area contributed by atoms with Gasteiger partial charge in [-0.25, -0.2) is 8.42 Å².